The van der Waals surface area contributed by atoms with E-state index in [-0.39, 0.29) is 11.8 Å². The van der Waals surface area contributed by atoms with E-state index in [9.17, 15) is 9.59 Å². The number of anilines is 3. The molecule has 0 aliphatic heterocycles. The number of hydrogen-bond donors (Lipinski definition) is 3. The van der Waals surface area contributed by atoms with Crippen LogP contribution in [0.1, 0.15) is 29.7 Å². The minimum Gasteiger partial charge on any atom is -0.370 e. The largest absolute Gasteiger partial charge is 0.370 e. The van der Waals surface area contributed by atoms with E-state index in [1.54, 1.807) is 37.3 Å². The summed E-state index contributed by atoms with van der Waals surface area (Å²) >= 11 is 0. The van der Waals surface area contributed by atoms with Crippen LogP contribution in [-0.4, -0.2) is 53.9 Å². The Balaban J connectivity index is 1.99. The lowest BCUT2D eigenvalue weighted by Crippen LogP contribution is -2.18. The number of amides is 2. The highest BCUT2D eigenvalue weighted by atomic mass is 16.2. The van der Waals surface area contributed by atoms with E-state index in [2.05, 4.69) is 30.8 Å². The van der Waals surface area contributed by atoms with E-state index in [0.29, 0.717) is 28.7 Å². The van der Waals surface area contributed by atoms with Crippen LogP contribution in [0.25, 0.3) is 0 Å². The van der Waals surface area contributed by atoms with E-state index in [0.717, 1.165) is 19.5 Å². The summed E-state index contributed by atoms with van der Waals surface area (Å²) in [5.74, 6) is 0.698. The monoisotopic (exact) mass is 370 g/mol. The Bertz CT molecular complexity index is 789. The zero-order chi connectivity index (χ0) is 19.8. The molecule has 0 saturated heterocycles. The highest BCUT2D eigenvalue weighted by Gasteiger charge is 2.11. The lowest BCUT2D eigenvalue weighted by atomic mass is 10.2. The van der Waals surface area contributed by atoms with Gasteiger partial charge in [-0.15, -0.1) is 0 Å². The van der Waals surface area contributed by atoms with Crippen LogP contribution in [0, 0.1) is 6.92 Å². The molecule has 144 valence electrons. The van der Waals surface area contributed by atoms with Crippen LogP contribution in [0.2, 0.25) is 0 Å². The lowest BCUT2D eigenvalue weighted by molar-refractivity contribution is -0.114. The zero-order valence-corrected chi connectivity index (χ0v) is 16.2. The normalized spacial score (nSPS) is 10.6. The van der Waals surface area contributed by atoms with Crippen molar-refractivity contribution in [1.29, 1.82) is 0 Å². The summed E-state index contributed by atoms with van der Waals surface area (Å²) < 4.78 is 0. The number of aryl methyl sites for hydroxylation is 1. The molecular weight excluding hydrogens is 344 g/mol. The van der Waals surface area contributed by atoms with Crippen molar-refractivity contribution in [3.63, 3.8) is 0 Å². The van der Waals surface area contributed by atoms with Crippen molar-refractivity contribution < 1.29 is 9.59 Å². The molecular formula is C19H26N6O2. The van der Waals surface area contributed by atoms with Crippen molar-refractivity contribution in [1.82, 2.24) is 14.9 Å². The molecule has 27 heavy (non-hydrogen) atoms. The highest BCUT2D eigenvalue weighted by molar-refractivity contribution is 6.03. The topological polar surface area (TPSA) is 99.2 Å². The second kappa shape index (κ2) is 9.63. The Morgan fingerprint density at radius 2 is 1.67 bits per heavy atom. The maximum Gasteiger partial charge on any atom is 0.274 e. The molecule has 2 amide bonds. The minimum atomic E-state index is -0.316. The van der Waals surface area contributed by atoms with Crippen LogP contribution in [-0.2, 0) is 4.79 Å². The SMILES string of the molecule is CC(=O)Nc1ccc(NC(=O)c2cc(NCCCN(C)C)nc(C)n2)cc1. The zero-order valence-electron chi connectivity index (χ0n) is 16.2. The number of hydrogen-bond acceptors (Lipinski definition) is 6. The van der Waals surface area contributed by atoms with E-state index < -0.39 is 0 Å². The van der Waals surface area contributed by atoms with Gasteiger partial charge in [0.2, 0.25) is 5.91 Å². The third kappa shape index (κ3) is 7.02. The molecule has 0 aliphatic carbocycles. The van der Waals surface area contributed by atoms with Gasteiger partial charge in [-0.1, -0.05) is 0 Å². The van der Waals surface area contributed by atoms with Gasteiger partial charge in [0.25, 0.3) is 5.91 Å². The third-order valence-corrected chi connectivity index (χ3v) is 3.62. The smallest absolute Gasteiger partial charge is 0.274 e. The number of carbonyl (C=O) groups is 2. The van der Waals surface area contributed by atoms with Crippen LogP contribution in [0.15, 0.2) is 30.3 Å². The average molecular weight is 370 g/mol. The molecule has 0 spiro atoms. The van der Waals surface area contributed by atoms with E-state index in [4.69, 9.17) is 0 Å². The summed E-state index contributed by atoms with van der Waals surface area (Å²) in [4.78, 5) is 34.2. The highest BCUT2D eigenvalue weighted by Crippen LogP contribution is 2.15. The first-order valence-electron chi connectivity index (χ1n) is 8.77. The molecule has 0 radical (unpaired) electrons. The van der Waals surface area contributed by atoms with Crippen molar-refractivity contribution in [3.05, 3.63) is 41.9 Å². The molecule has 8 nitrogen and oxygen atoms in total. The van der Waals surface area contributed by atoms with Gasteiger partial charge in [-0.05, 0) is 58.3 Å². The number of carbonyl (C=O) groups excluding carboxylic acids is 2. The summed E-state index contributed by atoms with van der Waals surface area (Å²) in [7, 11) is 4.06. The van der Waals surface area contributed by atoms with Gasteiger partial charge in [-0.25, -0.2) is 9.97 Å². The van der Waals surface area contributed by atoms with Gasteiger partial charge in [0.15, 0.2) is 0 Å². The van der Waals surface area contributed by atoms with Crippen LogP contribution < -0.4 is 16.0 Å². The molecule has 1 aromatic carbocycles. The molecule has 0 saturated carbocycles. The molecule has 0 fully saturated rings. The fraction of sp³-hybridized carbons (Fsp3) is 0.368. The Kier molecular flexibility index (Phi) is 7.25. The lowest BCUT2D eigenvalue weighted by Gasteiger charge is -2.11. The number of nitrogens with zero attached hydrogens (tertiary/aromatic N) is 3. The van der Waals surface area contributed by atoms with Gasteiger partial charge in [0.1, 0.15) is 17.3 Å². The molecule has 1 aromatic heterocycles. The number of rotatable bonds is 8. The number of benzene rings is 1. The van der Waals surface area contributed by atoms with E-state index >= 15 is 0 Å². The van der Waals surface area contributed by atoms with Crippen molar-refractivity contribution in [2.45, 2.75) is 20.3 Å². The Hall–Kier alpha value is -3.00. The van der Waals surface area contributed by atoms with Crippen LogP contribution in [0.4, 0.5) is 17.2 Å². The van der Waals surface area contributed by atoms with Gasteiger partial charge in [0, 0.05) is 30.9 Å². The van der Waals surface area contributed by atoms with Crippen molar-refractivity contribution in [2.75, 3.05) is 43.1 Å². The Morgan fingerprint density at radius 3 is 2.26 bits per heavy atom. The summed E-state index contributed by atoms with van der Waals surface area (Å²) in [6.07, 6.45) is 0.970. The first-order valence-corrected chi connectivity index (χ1v) is 8.77. The standard InChI is InChI=1S/C19H26N6O2/c1-13-21-17(12-18(22-13)20-10-5-11-25(3)4)19(27)24-16-8-6-15(7-9-16)23-14(2)26/h6-9,12H,5,10-11H2,1-4H3,(H,23,26)(H,24,27)(H,20,21,22). The molecule has 2 aromatic rings. The van der Waals surface area contributed by atoms with Crippen LogP contribution in [0.5, 0.6) is 0 Å². The predicted octanol–water partition coefficient (Wildman–Crippen LogP) is 2.36. The minimum absolute atomic E-state index is 0.145. The molecule has 0 aliphatic rings. The molecule has 3 N–H and O–H groups in total. The first kappa shape index (κ1) is 20.3. The number of aromatic nitrogens is 2. The average Bonchev–Trinajstić information content (AvgIpc) is 2.59. The quantitative estimate of drug-likeness (QED) is 0.617. The third-order valence-electron chi connectivity index (χ3n) is 3.62. The summed E-state index contributed by atoms with van der Waals surface area (Å²) in [6, 6.07) is 8.53. The van der Waals surface area contributed by atoms with Crippen molar-refractivity contribution in [2.24, 2.45) is 0 Å². The van der Waals surface area contributed by atoms with Crippen molar-refractivity contribution >= 4 is 29.0 Å². The first-order chi connectivity index (χ1) is 12.8. The van der Waals surface area contributed by atoms with Crippen LogP contribution >= 0.6 is 0 Å². The predicted molar refractivity (Wildman–Crippen MR) is 107 cm³/mol. The van der Waals surface area contributed by atoms with E-state index in [1.165, 1.54) is 6.92 Å². The fourth-order valence-corrected chi connectivity index (χ4v) is 2.42. The second-order valence-electron chi connectivity index (χ2n) is 6.48. The molecule has 1 heterocycles. The molecule has 8 heteroatoms. The molecule has 0 atom stereocenters. The van der Waals surface area contributed by atoms with Gasteiger partial charge in [-0.3, -0.25) is 9.59 Å². The molecule has 2 rings (SSSR count). The Morgan fingerprint density at radius 1 is 1.04 bits per heavy atom. The van der Waals surface area contributed by atoms with Gasteiger partial charge < -0.3 is 20.9 Å². The fourth-order valence-electron chi connectivity index (χ4n) is 2.42. The van der Waals surface area contributed by atoms with Gasteiger partial charge in [0.05, 0.1) is 0 Å². The number of nitrogens with one attached hydrogen (secondary N) is 3. The van der Waals surface area contributed by atoms with E-state index in [1.807, 2.05) is 14.1 Å². The summed E-state index contributed by atoms with van der Waals surface area (Å²) in [5, 5.41) is 8.71. The van der Waals surface area contributed by atoms with Crippen molar-refractivity contribution in [3.8, 4) is 0 Å². The maximum absolute atomic E-state index is 12.5. The van der Waals surface area contributed by atoms with Gasteiger partial charge >= 0.3 is 0 Å². The molecule has 0 bridgehead atoms. The maximum atomic E-state index is 12.5. The summed E-state index contributed by atoms with van der Waals surface area (Å²) in [6.45, 7) is 4.93. The summed E-state index contributed by atoms with van der Waals surface area (Å²) in [5.41, 5.74) is 1.58. The molecule has 0 unspecified atom stereocenters. The second-order valence-corrected chi connectivity index (χ2v) is 6.48. The van der Waals surface area contributed by atoms with Crippen LogP contribution in [0.3, 0.4) is 0 Å². The Labute approximate surface area is 159 Å². The van der Waals surface area contributed by atoms with Gasteiger partial charge in [-0.2, -0.15) is 0 Å².